The highest BCUT2D eigenvalue weighted by Gasteiger charge is 2.31. The van der Waals surface area contributed by atoms with Gasteiger partial charge in [-0.25, -0.2) is 0 Å². The summed E-state index contributed by atoms with van der Waals surface area (Å²) in [5.41, 5.74) is 6.79. The van der Waals surface area contributed by atoms with Crippen molar-refractivity contribution in [2.45, 2.75) is 6.92 Å². The lowest BCUT2D eigenvalue weighted by molar-refractivity contribution is 1.51. The molecular weight excluding hydrogens is 450 g/mol. The van der Waals surface area contributed by atoms with Gasteiger partial charge in [0.1, 0.15) is 6.15 Å². The minimum atomic E-state index is -1.22. The molecule has 0 fully saturated rings. The Morgan fingerprint density at radius 3 is 0.917 bits per heavy atom. The molecule has 36 heavy (non-hydrogen) atoms. The second-order valence-electron chi connectivity index (χ2n) is 10.3. The highest BCUT2D eigenvalue weighted by Crippen LogP contribution is 2.45. The first-order valence-electron chi connectivity index (χ1n) is 12.7. The average Bonchev–Trinajstić information content (AvgIpc) is 2.92. The lowest BCUT2D eigenvalue weighted by atomic mass is 9.13. The lowest BCUT2D eigenvalue weighted by Crippen LogP contribution is -2.74. The zero-order chi connectivity index (χ0) is 25.4. The fourth-order valence-electron chi connectivity index (χ4n) is 5.44. The minimum Gasteiger partial charge on any atom is -0.195 e. The largest absolute Gasteiger partial charge is 0.195 e. The van der Waals surface area contributed by atoms with Gasteiger partial charge in [-0.3, -0.25) is 0 Å². The number of aryl methyl sites for hydroxylation is 1. The van der Waals surface area contributed by atoms with Gasteiger partial charge in [0.15, 0.2) is 0 Å². The van der Waals surface area contributed by atoms with Gasteiger partial charge in [-0.05, 0) is 18.6 Å². The van der Waals surface area contributed by atoms with E-state index in [1.807, 2.05) is 0 Å². The number of hydrogen-bond acceptors (Lipinski definition) is 0. The van der Waals surface area contributed by atoms with Gasteiger partial charge in [0, 0.05) is 7.26 Å². The summed E-state index contributed by atoms with van der Waals surface area (Å²) in [7, 11) is -0.806. The Labute approximate surface area is 218 Å². The molecule has 0 aliphatic carbocycles. The van der Waals surface area contributed by atoms with Crippen LogP contribution in [0.15, 0.2) is 146 Å². The summed E-state index contributed by atoms with van der Waals surface area (Å²) in [6.45, 7) is 9.26. The van der Waals surface area contributed by atoms with E-state index in [-0.39, 0.29) is 0 Å². The molecule has 2 heteroatoms. The standard InChI is InChI=1S/C24H20B.C10H16P/c1-5-13-21(14-6-1)25(22-15-7-2-8-16-22,23-17-9-3-10-18-23)24-19-11-4-12-20-24;1-9-7-5-6-8-10(9)11(2,3)4/h1-20H;5-8H,1-4H3/q-1;+1. The Hall–Kier alpha value is -3.41. The molecule has 0 aliphatic heterocycles. The molecule has 0 aliphatic rings. The van der Waals surface area contributed by atoms with Crippen LogP contribution in [-0.2, 0) is 0 Å². The van der Waals surface area contributed by atoms with Crippen LogP contribution in [0.1, 0.15) is 5.56 Å². The van der Waals surface area contributed by atoms with Crippen LogP contribution in [0.3, 0.4) is 0 Å². The molecule has 0 bridgehead atoms. The van der Waals surface area contributed by atoms with Crippen LogP contribution in [0.2, 0.25) is 0 Å². The van der Waals surface area contributed by atoms with Gasteiger partial charge < -0.3 is 0 Å². The molecular formula is C34H36BP. The van der Waals surface area contributed by atoms with Crippen molar-refractivity contribution >= 4 is 40.6 Å². The van der Waals surface area contributed by atoms with E-state index in [0.717, 1.165) is 0 Å². The molecule has 0 nitrogen and oxygen atoms in total. The van der Waals surface area contributed by atoms with Gasteiger partial charge in [-0.1, -0.05) is 140 Å². The van der Waals surface area contributed by atoms with E-state index >= 15 is 0 Å². The van der Waals surface area contributed by atoms with Crippen LogP contribution in [-0.4, -0.2) is 26.1 Å². The first-order valence-corrected chi connectivity index (χ1v) is 15.8. The zero-order valence-corrected chi connectivity index (χ0v) is 22.8. The normalized spacial score (nSPS) is 11.3. The quantitative estimate of drug-likeness (QED) is 0.224. The smallest absolute Gasteiger partial charge is 0.108 e. The summed E-state index contributed by atoms with van der Waals surface area (Å²) in [4.78, 5) is 0. The predicted octanol–water partition coefficient (Wildman–Crippen LogP) is 5.59. The summed E-state index contributed by atoms with van der Waals surface area (Å²) in [6, 6.07) is 52.2. The second-order valence-corrected chi connectivity index (χ2v) is 14.8. The zero-order valence-electron chi connectivity index (χ0n) is 21.9. The molecule has 0 heterocycles. The molecule has 180 valence electrons. The van der Waals surface area contributed by atoms with Crippen LogP contribution >= 0.6 is 7.26 Å². The van der Waals surface area contributed by atoms with E-state index in [2.05, 4.69) is 173 Å². The average molecular weight is 486 g/mol. The lowest BCUT2D eigenvalue weighted by Gasteiger charge is -2.44. The molecule has 0 radical (unpaired) electrons. The highest BCUT2D eigenvalue weighted by molar-refractivity contribution is 7.81. The molecule has 5 rings (SSSR count). The van der Waals surface area contributed by atoms with Crippen molar-refractivity contribution in [3.63, 3.8) is 0 Å². The summed E-state index contributed by atoms with van der Waals surface area (Å²) in [5.74, 6) is 0. The van der Waals surface area contributed by atoms with E-state index < -0.39 is 13.4 Å². The molecule has 0 amide bonds. The van der Waals surface area contributed by atoms with E-state index in [1.165, 1.54) is 27.4 Å². The Morgan fingerprint density at radius 2 is 0.667 bits per heavy atom. The van der Waals surface area contributed by atoms with E-state index in [4.69, 9.17) is 0 Å². The maximum atomic E-state index is 2.36. The minimum absolute atomic E-state index is 0.806. The number of hydrogen-bond donors (Lipinski definition) is 0. The molecule has 0 unspecified atom stereocenters. The van der Waals surface area contributed by atoms with Gasteiger partial charge in [0.2, 0.25) is 0 Å². The maximum absolute atomic E-state index is 2.36. The Bertz CT molecular complexity index is 1180. The molecule has 0 N–H and O–H groups in total. The van der Waals surface area contributed by atoms with Crippen molar-refractivity contribution in [3.05, 3.63) is 151 Å². The van der Waals surface area contributed by atoms with E-state index in [1.54, 1.807) is 5.30 Å². The molecule has 5 aromatic carbocycles. The fourth-order valence-corrected chi connectivity index (χ4v) is 7.10. The SMILES string of the molecule is Cc1ccccc1[P+](C)(C)C.c1ccc([B-](c2ccccc2)(c2ccccc2)c2ccccc2)cc1. The topological polar surface area (TPSA) is 0 Å². The first-order chi connectivity index (χ1) is 17.4. The maximum Gasteiger partial charge on any atom is 0.108 e. The monoisotopic (exact) mass is 486 g/mol. The van der Waals surface area contributed by atoms with Crippen LogP contribution in [0, 0.1) is 6.92 Å². The summed E-state index contributed by atoms with van der Waals surface area (Å²) in [6.07, 6.45) is -1.22. The summed E-state index contributed by atoms with van der Waals surface area (Å²) < 4.78 is 0. The third-order valence-corrected chi connectivity index (χ3v) is 8.98. The van der Waals surface area contributed by atoms with Gasteiger partial charge in [0.05, 0.1) is 25.3 Å². The summed E-state index contributed by atoms with van der Waals surface area (Å²) in [5, 5.41) is 1.56. The van der Waals surface area contributed by atoms with Crippen LogP contribution in [0.25, 0.3) is 0 Å². The van der Waals surface area contributed by atoms with Gasteiger partial charge in [-0.2, -0.15) is 21.9 Å². The number of rotatable bonds is 5. The van der Waals surface area contributed by atoms with Gasteiger partial charge >= 0.3 is 0 Å². The third kappa shape index (κ3) is 5.53. The molecule has 0 saturated carbocycles. The van der Waals surface area contributed by atoms with Crippen molar-refractivity contribution in [1.29, 1.82) is 0 Å². The van der Waals surface area contributed by atoms with E-state index in [0.29, 0.717) is 0 Å². The Morgan fingerprint density at radius 1 is 0.389 bits per heavy atom. The van der Waals surface area contributed by atoms with E-state index in [9.17, 15) is 0 Å². The Kier molecular flexibility index (Phi) is 8.24. The molecule has 5 aromatic rings. The van der Waals surface area contributed by atoms with Crippen LogP contribution in [0.5, 0.6) is 0 Å². The van der Waals surface area contributed by atoms with Crippen molar-refractivity contribution < 1.29 is 0 Å². The van der Waals surface area contributed by atoms with Gasteiger partial charge in [-0.15, -0.1) is 0 Å². The molecule has 0 atom stereocenters. The predicted molar refractivity (Wildman–Crippen MR) is 166 cm³/mol. The van der Waals surface area contributed by atoms with Gasteiger partial charge in [0.25, 0.3) is 0 Å². The highest BCUT2D eigenvalue weighted by atomic mass is 31.2. The molecule has 0 saturated heterocycles. The van der Waals surface area contributed by atoms with Crippen molar-refractivity contribution in [1.82, 2.24) is 0 Å². The first kappa shape index (κ1) is 25.7. The fraction of sp³-hybridized carbons (Fsp3) is 0.118. The van der Waals surface area contributed by atoms with Crippen LogP contribution < -0.4 is 27.2 Å². The van der Waals surface area contributed by atoms with Crippen LogP contribution in [0.4, 0.5) is 0 Å². The van der Waals surface area contributed by atoms with Crippen molar-refractivity contribution in [3.8, 4) is 0 Å². The van der Waals surface area contributed by atoms with Crippen molar-refractivity contribution in [2.75, 3.05) is 20.0 Å². The second kappa shape index (κ2) is 11.6. The molecule has 0 aromatic heterocycles. The third-order valence-electron chi connectivity index (χ3n) is 7.04. The molecule has 0 spiro atoms. The summed E-state index contributed by atoms with van der Waals surface area (Å²) >= 11 is 0. The number of benzene rings is 5. The van der Waals surface area contributed by atoms with Crippen molar-refractivity contribution in [2.24, 2.45) is 0 Å². The Balaban J connectivity index is 0.000000233.